The molecule has 7 heteroatoms. The number of hydrogen-bond donors (Lipinski definition) is 1. The van der Waals surface area contributed by atoms with Gasteiger partial charge in [0.15, 0.2) is 0 Å². The number of halogens is 1. The summed E-state index contributed by atoms with van der Waals surface area (Å²) in [6.45, 7) is 4.11. The molecule has 0 bridgehead atoms. The lowest BCUT2D eigenvalue weighted by atomic mass is 9.95. The van der Waals surface area contributed by atoms with Gasteiger partial charge in [0.25, 0.3) is 11.7 Å². The minimum atomic E-state index is -0.805. The van der Waals surface area contributed by atoms with E-state index in [2.05, 4.69) is 11.6 Å². The fourth-order valence-electron chi connectivity index (χ4n) is 3.77. The van der Waals surface area contributed by atoms with Gasteiger partial charge in [-0.05, 0) is 53.6 Å². The second kappa shape index (κ2) is 9.71. The largest absolute Gasteiger partial charge is 0.507 e. The summed E-state index contributed by atoms with van der Waals surface area (Å²) >= 11 is 6.21. The van der Waals surface area contributed by atoms with E-state index in [9.17, 15) is 14.7 Å². The molecular weight excluding hydrogens is 440 g/mol. The van der Waals surface area contributed by atoms with E-state index in [1.165, 1.54) is 4.90 Å². The third-order valence-corrected chi connectivity index (χ3v) is 5.51. The minimum Gasteiger partial charge on any atom is -0.507 e. The van der Waals surface area contributed by atoms with Crippen LogP contribution in [0.3, 0.4) is 0 Å². The van der Waals surface area contributed by atoms with E-state index in [0.717, 1.165) is 5.56 Å². The van der Waals surface area contributed by atoms with Crippen molar-refractivity contribution >= 4 is 29.1 Å². The smallest absolute Gasteiger partial charge is 0.295 e. The van der Waals surface area contributed by atoms with Gasteiger partial charge in [-0.3, -0.25) is 14.6 Å². The van der Waals surface area contributed by atoms with Crippen LogP contribution in [0.25, 0.3) is 5.76 Å². The molecule has 1 saturated heterocycles. The molecule has 0 radical (unpaired) electrons. The molecule has 1 aromatic heterocycles. The number of amides is 1. The first-order valence-corrected chi connectivity index (χ1v) is 10.6. The van der Waals surface area contributed by atoms with E-state index in [1.807, 2.05) is 6.07 Å². The number of Topliss-reactive ketones (excluding diaryl/α,β-unsaturated/α-hetero) is 1. The van der Waals surface area contributed by atoms with E-state index in [-0.39, 0.29) is 17.9 Å². The van der Waals surface area contributed by atoms with Crippen LogP contribution in [-0.2, 0) is 16.1 Å². The maximum atomic E-state index is 13.1. The molecule has 1 aliphatic rings. The minimum absolute atomic E-state index is 0.00548. The summed E-state index contributed by atoms with van der Waals surface area (Å²) in [7, 11) is 0. The molecule has 166 valence electrons. The summed E-state index contributed by atoms with van der Waals surface area (Å²) in [6.07, 6.45) is 4.90. The van der Waals surface area contributed by atoms with Gasteiger partial charge in [0.1, 0.15) is 18.1 Å². The zero-order valence-corrected chi connectivity index (χ0v) is 18.4. The third kappa shape index (κ3) is 4.66. The van der Waals surface area contributed by atoms with Crippen molar-refractivity contribution in [2.75, 3.05) is 6.61 Å². The zero-order valence-electron chi connectivity index (χ0n) is 17.6. The summed E-state index contributed by atoms with van der Waals surface area (Å²) in [6, 6.07) is 16.3. The van der Waals surface area contributed by atoms with Crippen molar-refractivity contribution in [2.24, 2.45) is 0 Å². The first-order chi connectivity index (χ1) is 16.0. The second-order valence-electron chi connectivity index (χ2n) is 7.47. The van der Waals surface area contributed by atoms with Crippen LogP contribution in [0.1, 0.15) is 22.7 Å². The van der Waals surface area contributed by atoms with Crippen LogP contribution in [0.15, 0.2) is 91.3 Å². The number of likely N-dealkylation sites (tertiary alicyclic amines) is 1. The predicted molar refractivity (Wildman–Crippen MR) is 126 cm³/mol. The van der Waals surface area contributed by atoms with Gasteiger partial charge in [0, 0.05) is 29.5 Å². The van der Waals surface area contributed by atoms with Crippen LogP contribution in [0.5, 0.6) is 5.75 Å². The monoisotopic (exact) mass is 460 g/mol. The summed E-state index contributed by atoms with van der Waals surface area (Å²) in [5, 5.41) is 11.6. The third-order valence-electron chi connectivity index (χ3n) is 5.28. The number of ketones is 1. The molecule has 0 aliphatic carbocycles. The van der Waals surface area contributed by atoms with Gasteiger partial charge in [0.2, 0.25) is 0 Å². The Morgan fingerprint density at radius 3 is 2.61 bits per heavy atom. The predicted octanol–water partition coefficient (Wildman–Crippen LogP) is 4.92. The van der Waals surface area contributed by atoms with Gasteiger partial charge in [-0.15, -0.1) is 0 Å². The molecule has 1 atom stereocenters. The average Bonchev–Trinajstić information content (AvgIpc) is 3.08. The van der Waals surface area contributed by atoms with Crippen molar-refractivity contribution in [3.05, 3.63) is 113 Å². The number of aliphatic hydroxyl groups is 1. The zero-order chi connectivity index (χ0) is 23.4. The van der Waals surface area contributed by atoms with Crippen molar-refractivity contribution in [3.8, 4) is 5.75 Å². The number of pyridine rings is 1. The summed E-state index contributed by atoms with van der Waals surface area (Å²) in [5.41, 5.74) is 1.78. The summed E-state index contributed by atoms with van der Waals surface area (Å²) in [4.78, 5) is 31.7. The van der Waals surface area contributed by atoms with E-state index in [4.69, 9.17) is 16.3 Å². The summed E-state index contributed by atoms with van der Waals surface area (Å²) < 4.78 is 5.48. The number of carbonyl (C=O) groups excluding carboxylic acids is 2. The Bertz CT molecular complexity index is 1220. The van der Waals surface area contributed by atoms with Crippen LogP contribution in [-0.4, -0.2) is 33.3 Å². The van der Waals surface area contributed by atoms with Crippen LogP contribution in [0.2, 0.25) is 5.02 Å². The van der Waals surface area contributed by atoms with Gasteiger partial charge in [-0.2, -0.15) is 0 Å². The normalized spacial score (nSPS) is 17.2. The van der Waals surface area contributed by atoms with Crippen molar-refractivity contribution in [1.29, 1.82) is 0 Å². The molecule has 0 saturated carbocycles. The number of nitrogens with zero attached hydrogens (tertiary/aromatic N) is 2. The molecule has 2 aromatic carbocycles. The second-order valence-corrected chi connectivity index (χ2v) is 7.90. The van der Waals surface area contributed by atoms with Gasteiger partial charge in [-0.1, -0.05) is 42.5 Å². The van der Waals surface area contributed by atoms with Gasteiger partial charge < -0.3 is 14.7 Å². The van der Waals surface area contributed by atoms with Gasteiger partial charge in [-0.25, -0.2) is 0 Å². The van der Waals surface area contributed by atoms with Crippen LogP contribution >= 0.6 is 11.6 Å². The summed E-state index contributed by atoms with van der Waals surface area (Å²) in [5.74, 6) is -1.12. The highest BCUT2D eigenvalue weighted by atomic mass is 35.5. The number of rotatable bonds is 7. The number of hydrogen-bond acceptors (Lipinski definition) is 5. The number of aliphatic hydroxyl groups excluding tert-OH is 1. The molecule has 0 unspecified atom stereocenters. The Balaban J connectivity index is 1.79. The molecule has 33 heavy (non-hydrogen) atoms. The first-order valence-electron chi connectivity index (χ1n) is 10.3. The lowest BCUT2D eigenvalue weighted by Gasteiger charge is -2.25. The lowest BCUT2D eigenvalue weighted by Crippen LogP contribution is -2.29. The molecule has 1 fully saturated rings. The lowest BCUT2D eigenvalue weighted by molar-refractivity contribution is -0.140. The first kappa shape index (κ1) is 22.3. The average molecular weight is 461 g/mol. The van der Waals surface area contributed by atoms with Gasteiger partial charge in [0.05, 0.1) is 11.6 Å². The van der Waals surface area contributed by atoms with Crippen molar-refractivity contribution in [1.82, 2.24) is 9.88 Å². The Morgan fingerprint density at radius 1 is 1.15 bits per heavy atom. The van der Waals surface area contributed by atoms with Crippen molar-refractivity contribution < 1.29 is 19.4 Å². The van der Waals surface area contributed by atoms with E-state index >= 15 is 0 Å². The van der Waals surface area contributed by atoms with E-state index in [1.54, 1.807) is 73.1 Å². The number of aromatic nitrogens is 1. The molecular formula is C26H21ClN2O4. The molecule has 4 rings (SSSR count). The Kier molecular flexibility index (Phi) is 6.56. The standard InChI is InChI=1S/C26H21ClN2O4/c1-2-13-33-21-10-8-18(9-11-21)24(30)22-23(19-6-3-7-20(27)14-19)29(26(32)25(22)31)16-17-5-4-12-28-15-17/h2-12,14-15,23,30H,1,13,16H2/t23-/m0/s1. The van der Waals surface area contributed by atoms with E-state index < -0.39 is 17.7 Å². The van der Waals surface area contributed by atoms with Crippen LogP contribution < -0.4 is 4.74 Å². The van der Waals surface area contributed by atoms with Crippen LogP contribution in [0, 0.1) is 0 Å². The quantitative estimate of drug-likeness (QED) is 0.234. The van der Waals surface area contributed by atoms with Crippen molar-refractivity contribution in [3.63, 3.8) is 0 Å². The maximum Gasteiger partial charge on any atom is 0.295 e. The number of carbonyl (C=O) groups is 2. The number of ether oxygens (including phenoxy) is 1. The Morgan fingerprint density at radius 2 is 1.94 bits per heavy atom. The molecule has 1 N–H and O–H groups in total. The molecule has 0 spiro atoms. The topological polar surface area (TPSA) is 79.7 Å². The Labute approximate surface area is 196 Å². The fourth-order valence-corrected chi connectivity index (χ4v) is 3.97. The van der Waals surface area contributed by atoms with Crippen LogP contribution in [0.4, 0.5) is 0 Å². The highest BCUT2D eigenvalue weighted by Crippen LogP contribution is 2.40. The number of benzene rings is 2. The maximum absolute atomic E-state index is 13.1. The molecule has 2 heterocycles. The fraction of sp³-hybridized carbons (Fsp3) is 0.115. The molecule has 3 aromatic rings. The highest BCUT2D eigenvalue weighted by molar-refractivity contribution is 6.46. The highest BCUT2D eigenvalue weighted by Gasteiger charge is 2.46. The van der Waals surface area contributed by atoms with E-state index in [0.29, 0.717) is 28.5 Å². The molecule has 1 aliphatic heterocycles. The molecule has 6 nitrogen and oxygen atoms in total. The Hall–Kier alpha value is -3.90. The molecule has 1 amide bonds. The SMILES string of the molecule is C=CCOc1ccc(C(O)=C2C(=O)C(=O)N(Cc3cccnc3)[C@H]2c2cccc(Cl)c2)cc1. The van der Waals surface area contributed by atoms with Gasteiger partial charge >= 0.3 is 0 Å². The van der Waals surface area contributed by atoms with Crippen molar-refractivity contribution in [2.45, 2.75) is 12.6 Å².